The molecule has 2 saturated carbocycles. The standard InChI is InChI=1S/C14H26N2O/c1-15(2)14(8-5-9-14)11-16(3)10-12-6-4-7-13(12)17/h12H,4-11H2,1-3H3. The number of carbonyl (C=O) groups excluding carboxylic acids is 1. The van der Waals surface area contributed by atoms with Crippen molar-refractivity contribution >= 4 is 5.78 Å². The molecule has 98 valence electrons. The summed E-state index contributed by atoms with van der Waals surface area (Å²) < 4.78 is 0. The van der Waals surface area contributed by atoms with Crippen molar-refractivity contribution in [3.63, 3.8) is 0 Å². The van der Waals surface area contributed by atoms with Gasteiger partial charge in [-0.1, -0.05) is 0 Å². The highest BCUT2D eigenvalue weighted by Gasteiger charge is 2.40. The second kappa shape index (κ2) is 5.07. The maximum atomic E-state index is 11.7. The van der Waals surface area contributed by atoms with E-state index in [1.165, 1.54) is 19.3 Å². The third-order valence-corrected chi connectivity index (χ3v) is 4.76. The fourth-order valence-corrected chi connectivity index (χ4v) is 3.36. The molecule has 2 rings (SSSR count). The Balaban J connectivity index is 1.84. The van der Waals surface area contributed by atoms with Gasteiger partial charge in [0.05, 0.1) is 0 Å². The van der Waals surface area contributed by atoms with Gasteiger partial charge in [-0.05, 0) is 53.2 Å². The molecule has 0 aromatic heterocycles. The summed E-state index contributed by atoms with van der Waals surface area (Å²) in [5, 5.41) is 0. The van der Waals surface area contributed by atoms with Crippen molar-refractivity contribution in [3.8, 4) is 0 Å². The highest BCUT2D eigenvalue weighted by atomic mass is 16.1. The van der Waals surface area contributed by atoms with E-state index in [-0.39, 0.29) is 0 Å². The number of likely N-dealkylation sites (N-methyl/N-ethyl adjacent to an activating group) is 2. The van der Waals surface area contributed by atoms with E-state index in [1.807, 2.05) is 0 Å². The van der Waals surface area contributed by atoms with Crippen LogP contribution in [0.4, 0.5) is 0 Å². The van der Waals surface area contributed by atoms with Crippen molar-refractivity contribution < 1.29 is 4.79 Å². The molecule has 3 nitrogen and oxygen atoms in total. The predicted molar refractivity (Wildman–Crippen MR) is 70.1 cm³/mol. The van der Waals surface area contributed by atoms with Crippen LogP contribution in [-0.4, -0.2) is 55.4 Å². The molecule has 0 amide bonds. The monoisotopic (exact) mass is 238 g/mol. The molecule has 0 bridgehead atoms. The maximum absolute atomic E-state index is 11.7. The molecule has 0 radical (unpaired) electrons. The van der Waals surface area contributed by atoms with E-state index in [2.05, 4.69) is 30.9 Å². The number of hydrogen-bond donors (Lipinski definition) is 0. The summed E-state index contributed by atoms with van der Waals surface area (Å²) in [6, 6.07) is 0. The molecular weight excluding hydrogens is 212 g/mol. The Bertz CT molecular complexity index is 284. The zero-order valence-corrected chi connectivity index (χ0v) is 11.5. The van der Waals surface area contributed by atoms with Crippen LogP contribution in [-0.2, 0) is 4.79 Å². The van der Waals surface area contributed by atoms with Crippen molar-refractivity contribution in [3.05, 3.63) is 0 Å². The highest BCUT2D eigenvalue weighted by molar-refractivity contribution is 5.83. The minimum absolute atomic E-state index is 0.319. The third kappa shape index (κ3) is 2.71. The lowest BCUT2D eigenvalue weighted by Crippen LogP contribution is -2.57. The molecular formula is C14H26N2O. The molecule has 0 spiro atoms. The minimum atomic E-state index is 0.319. The van der Waals surface area contributed by atoms with E-state index >= 15 is 0 Å². The van der Waals surface area contributed by atoms with Gasteiger partial charge < -0.3 is 9.80 Å². The van der Waals surface area contributed by atoms with Crippen molar-refractivity contribution in [2.75, 3.05) is 34.2 Å². The SMILES string of the molecule is CN(CC1CCCC1=O)CC1(N(C)C)CCC1. The Hall–Kier alpha value is -0.410. The summed E-state index contributed by atoms with van der Waals surface area (Å²) in [5.41, 5.74) is 0.385. The van der Waals surface area contributed by atoms with Gasteiger partial charge in [0.15, 0.2) is 0 Å². The summed E-state index contributed by atoms with van der Waals surface area (Å²) >= 11 is 0. The Labute approximate surface area is 105 Å². The average Bonchev–Trinajstić information content (AvgIpc) is 2.58. The van der Waals surface area contributed by atoms with Gasteiger partial charge in [-0.15, -0.1) is 0 Å². The maximum Gasteiger partial charge on any atom is 0.137 e. The molecule has 0 saturated heterocycles. The lowest BCUT2D eigenvalue weighted by atomic mass is 9.75. The van der Waals surface area contributed by atoms with E-state index in [1.54, 1.807) is 0 Å². The lowest BCUT2D eigenvalue weighted by molar-refractivity contribution is -0.121. The van der Waals surface area contributed by atoms with Crippen LogP contribution in [0, 0.1) is 5.92 Å². The number of carbonyl (C=O) groups is 1. The van der Waals surface area contributed by atoms with Crippen LogP contribution in [0.25, 0.3) is 0 Å². The molecule has 0 aromatic rings. The molecule has 3 heteroatoms. The average molecular weight is 238 g/mol. The van der Waals surface area contributed by atoms with Gasteiger partial charge in [0.2, 0.25) is 0 Å². The number of nitrogens with zero attached hydrogens (tertiary/aromatic N) is 2. The quantitative estimate of drug-likeness (QED) is 0.729. The van der Waals surface area contributed by atoms with Crippen LogP contribution in [0.1, 0.15) is 38.5 Å². The van der Waals surface area contributed by atoms with Gasteiger partial charge in [0.1, 0.15) is 5.78 Å². The van der Waals surface area contributed by atoms with Gasteiger partial charge in [0, 0.05) is 31.0 Å². The minimum Gasteiger partial charge on any atom is -0.304 e. The highest BCUT2D eigenvalue weighted by Crippen LogP contribution is 2.37. The predicted octanol–water partition coefficient (Wildman–Crippen LogP) is 1.77. The lowest BCUT2D eigenvalue weighted by Gasteiger charge is -2.49. The number of rotatable bonds is 5. The van der Waals surface area contributed by atoms with Crippen LogP contribution >= 0.6 is 0 Å². The van der Waals surface area contributed by atoms with E-state index in [0.29, 0.717) is 17.2 Å². The Morgan fingerprint density at radius 3 is 2.35 bits per heavy atom. The van der Waals surface area contributed by atoms with Crippen molar-refractivity contribution in [2.45, 2.75) is 44.1 Å². The summed E-state index contributed by atoms with van der Waals surface area (Å²) in [6.45, 7) is 2.08. The van der Waals surface area contributed by atoms with Crippen LogP contribution in [0.3, 0.4) is 0 Å². The second-order valence-electron chi connectivity index (χ2n) is 6.22. The first kappa shape index (κ1) is 13.0. The Morgan fingerprint density at radius 1 is 1.24 bits per heavy atom. The zero-order chi connectivity index (χ0) is 12.5. The molecule has 0 aromatic carbocycles. The number of hydrogen-bond acceptors (Lipinski definition) is 3. The molecule has 0 N–H and O–H groups in total. The second-order valence-corrected chi connectivity index (χ2v) is 6.22. The molecule has 1 atom stereocenters. The normalized spacial score (nSPS) is 27.8. The first-order chi connectivity index (χ1) is 8.03. The van der Waals surface area contributed by atoms with Crippen molar-refractivity contribution in [1.82, 2.24) is 9.80 Å². The summed E-state index contributed by atoms with van der Waals surface area (Å²) in [6.07, 6.45) is 7.01. The zero-order valence-electron chi connectivity index (χ0n) is 11.5. The molecule has 0 aliphatic heterocycles. The van der Waals surface area contributed by atoms with Crippen LogP contribution in [0.2, 0.25) is 0 Å². The van der Waals surface area contributed by atoms with E-state index in [4.69, 9.17) is 0 Å². The summed E-state index contributed by atoms with van der Waals surface area (Å²) in [7, 11) is 6.55. The van der Waals surface area contributed by atoms with Crippen molar-refractivity contribution in [1.29, 1.82) is 0 Å². The molecule has 2 fully saturated rings. The first-order valence-electron chi connectivity index (χ1n) is 6.92. The van der Waals surface area contributed by atoms with Crippen LogP contribution in [0.15, 0.2) is 0 Å². The molecule has 2 aliphatic carbocycles. The summed E-state index contributed by atoms with van der Waals surface area (Å²) in [4.78, 5) is 16.4. The smallest absolute Gasteiger partial charge is 0.137 e. The van der Waals surface area contributed by atoms with Gasteiger partial charge >= 0.3 is 0 Å². The van der Waals surface area contributed by atoms with Gasteiger partial charge in [0.25, 0.3) is 0 Å². The van der Waals surface area contributed by atoms with Gasteiger partial charge in [-0.2, -0.15) is 0 Å². The van der Waals surface area contributed by atoms with E-state index < -0.39 is 0 Å². The number of ketones is 1. The fourth-order valence-electron chi connectivity index (χ4n) is 3.36. The molecule has 1 unspecified atom stereocenters. The summed E-state index contributed by atoms with van der Waals surface area (Å²) in [5.74, 6) is 0.809. The number of Topliss-reactive ketones (excluding diaryl/α,β-unsaturated/α-hetero) is 1. The topological polar surface area (TPSA) is 23.6 Å². The Kier molecular flexibility index (Phi) is 3.88. The van der Waals surface area contributed by atoms with Gasteiger partial charge in [-0.25, -0.2) is 0 Å². The molecule has 17 heavy (non-hydrogen) atoms. The largest absolute Gasteiger partial charge is 0.304 e. The van der Waals surface area contributed by atoms with Crippen molar-refractivity contribution in [2.24, 2.45) is 5.92 Å². The molecule has 0 heterocycles. The van der Waals surface area contributed by atoms with E-state index in [9.17, 15) is 4.79 Å². The first-order valence-corrected chi connectivity index (χ1v) is 6.92. The third-order valence-electron chi connectivity index (χ3n) is 4.76. The van der Waals surface area contributed by atoms with Crippen LogP contribution in [0.5, 0.6) is 0 Å². The van der Waals surface area contributed by atoms with Gasteiger partial charge in [-0.3, -0.25) is 4.79 Å². The molecule has 2 aliphatic rings. The van der Waals surface area contributed by atoms with E-state index in [0.717, 1.165) is 32.4 Å². The Morgan fingerprint density at radius 2 is 1.94 bits per heavy atom. The fraction of sp³-hybridized carbons (Fsp3) is 0.929. The van der Waals surface area contributed by atoms with Crippen LogP contribution < -0.4 is 0 Å².